The number of thiophene rings is 1. The lowest BCUT2D eigenvalue weighted by Crippen LogP contribution is -2.11. The molecular weight excluding hydrogens is 246 g/mol. The highest BCUT2D eigenvalue weighted by Gasteiger charge is 2.27. The van der Waals surface area contributed by atoms with E-state index >= 15 is 0 Å². The Hall–Kier alpha value is -1.01. The van der Waals surface area contributed by atoms with Crippen LogP contribution in [0.4, 0.5) is 5.00 Å². The van der Waals surface area contributed by atoms with E-state index in [4.69, 9.17) is 4.74 Å². The van der Waals surface area contributed by atoms with Crippen LogP contribution in [0.25, 0.3) is 0 Å². The largest absolute Gasteiger partial charge is 0.465 e. The van der Waals surface area contributed by atoms with E-state index in [2.05, 4.69) is 5.32 Å². The molecule has 0 aliphatic carbocycles. The normalized spacial score (nSPS) is 13.4. The number of carbonyl (C=O) groups is 2. The second kappa shape index (κ2) is 4.47. The molecule has 0 atom stereocenters. The molecule has 0 saturated carbocycles. The molecule has 1 aliphatic heterocycles. The van der Waals surface area contributed by atoms with Gasteiger partial charge in [-0.05, 0) is 12.0 Å². The molecular formula is C10H11NO3S2. The van der Waals surface area contributed by atoms with Crippen LogP contribution in [0.5, 0.6) is 0 Å². The van der Waals surface area contributed by atoms with Crippen LogP contribution < -0.4 is 5.32 Å². The molecule has 0 fully saturated rings. The van der Waals surface area contributed by atoms with Gasteiger partial charge in [0.1, 0.15) is 5.00 Å². The average molecular weight is 257 g/mol. The predicted molar refractivity (Wildman–Crippen MR) is 64.4 cm³/mol. The lowest BCUT2D eigenvalue weighted by atomic mass is 10.1. The summed E-state index contributed by atoms with van der Waals surface area (Å²) >= 11 is 3.17. The number of nitrogens with one attached hydrogen (secondary N) is 1. The summed E-state index contributed by atoms with van der Waals surface area (Å²) in [5.41, 5.74) is 1.55. The van der Waals surface area contributed by atoms with Gasteiger partial charge < -0.3 is 10.1 Å². The quantitative estimate of drug-likeness (QED) is 0.825. The summed E-state index contributed by atoms with van der Waals surface area (Å²) in [4.78, 5) is 22.7. The summed E-state index contributed by atoms with van der Waals surface area (Å²) in [7, 11) is 1.35. The van der Waals surface area contributed by atoms with Gasteiger partial charge in [-0.1, -0.05) is 0 Å². The van der Waals surface area contributed by atoms with Crippen LogP contribution in [-0.2, 0) is 16.0 Å². The molecule has 4 nitrogen and oxygen atoms in total. The maximum absolute atomic E-state index is 11.7. The number of carbonyl (C=O) groups excluding carboxylic acids is 2. The van der Waals surface area contributed by atoms with Crippen molar-refractivity contribution in [3.63, 3.8) is 0 Å². The molecule has 1 amide bonds. The Bertz CT molecular complexity index is 453. The van der Waals surface area contributed by atoms with Crippen molar-refractivity contribution in [3.8, 4) is 0 Å². The van der Waals surface area contributed by atoms with Crippen LogP contribution >= 0.6 is 23.1 Å². The minimum absolute atomic E-state index is 0.171. The van der Waals surface area contributed by atoms with Crippen LogP contribution in [0.3, 0.4) is 0 Å². The molecule has 2 rings (SSSR count). The molecule has 86 valence electrons. The molecule has 2 heterocycles. The highest BCUT2D eigenvalue weighted by atomic mass is 32.2. The van der Waals surface area contributed by atoms with E-state index in [0.717, 1.165) is 21.9 Å². The molecule has 0 saturated heterocycles. The standard InChI is InChI=1S/C10H11NO3S2/c1-5(12)11-8-7(9(13)14-2)6-3-4-15-10(6)16-8/h3-4H2,1-2H3,(H,11,12). The van der Waals surface area contributed by atoms with E-state index in [1.807, 2.05) is 0 Å². The monoisotopic (exact) mass is 257 g/mol. The number of hydrogen-bond acceptors (Lipinski definition) is 5. The van der Waals surface area contributed by atoms with Gasteiger partial charge in [0.15, 0.2) is 0 Å². The maximum Gasteiger partial charge on any atom is 0.341 e. The number of methoxy groups -OCH3 is 1. The summed E-state index contributed by atoms with van der Waals surface area (Å²) in [5.74, 6) is 0.449. The Morgan fingerprint density at radius 2 is 2.19 bits per heavy atom. The zero-order valence-corrected chi connectivity index (χ0v) is 10.6. The van der Waals surface area contributed by atoms with E-state index in [9.17, 15) is 9.59 Å². The van der Waals surface area contributed by atoms with Crippen molar-refractivity contribution < 1.29 is 14.3 Å². The number of ether oxygens (including phenoxy) is 1. The first kappa shape index (κ1) is 11.5. The highest BCUT2D eigenvalue weighted by Crippen LogP contribution is 2.44. The molecule has 16 heavy (non-hydrogen) atoms. The molecule has 0 aromatic carbocycles. The number of thioether (sulfide) groups is 1. The van der Waals surface area contributed by atoms with Crippen LogP contribution in [0.15, 0.2) is 4.21 Å². The average Bonchev–Trinajstić information content (AvgIpc) is 2.75. The summed E-state index contributed by atoms with van der Waals surface area (Å²) in [6.45, 7) is 1.43. The van der Waals surface area contributed by atoms with Gasteiger partial charge in [-0.25, -0.2) is 4.79 Å². The zero-order valence-electron chi connectivity index (χ0n) is 8.96. The lowest BCUT2D eigenvalue weighted by molar-refractivity contribution is -0.114. The second-order valence-corrected chi connectivity index (χ2v) is 5.73. The fraction of sp³-hybridized carbons (Fsp3) is 0.400. The Morgan fingerprint density at radius 3 is 2.81 bits per heavy atom. The van der Waals surface area contributed by atoms with E-state index < -0.39 is 0 Å². The van der Waals surface area contributed by atoms with Crippen molar-refractivity contribution in [1.29, 1.82) is 0 Å². The van der Waals surface area contributed by atoms with E-state index in [-0.39, 0.29) is 11.9 Å². The number of fused-ring (bicyclic) bond motifs is 1. The maximum atomic E-state index is 11.7. The van der Waals surface area contributed by atoms with Crippen molar-refractivity contribution in [2.75, 3.05) is 18.2 Å². The zero-order chi connectivity index (χ0) is 11.7. The smallest absolute Gasteiger partial charge is 0.341 e. The number of esters is 1. The number of hydrogen-bond donors (Lipinski definition) is 1. The van der Waals surface area contributed by atoms with Gasteiger partial charge in [-0.2, -0.15) is 0 Å². The van der Waals surface area contributed by atoms with Gasteiger partial charge in [0, 0.05) is 12.7 Å². The summed E-state index contributed by atoms with van der Waals surface area (Å²) in [6.07, 6.45) is 0.862. The van der Waals surface area contributed by atoms with E-state index in [1.165, 1.54) is 25.4 Å². The third-order valence-electron chi connectivity index (χ3n) is 2.23. The van der Waals surface area contributed by atoms with E-state index in [0.29, 0.717) is 10.6 Å². The van der Waals surface area contributed by atoms with Gasteiger partial charge in [-0.3, -0.25) is 4.79 Å². The van der Waals surface area contributed by atoms with Gasteiger partial charge in [-0.15, -0.1) is 23.1 Å². The summed E-state index contributed by atoms with van der Waals surface area (Å²) in [5, 5.41) is 3.29. The van der Waals surface area contributed by atoms with Crippen molar-refractivity contribution in [1.82, 2.24) is 0 Å². The van der Waals surface area contributed by atoms with Crippen molar-refractivity contribution >= 4 is 40.0 Å². The third-order valence-corrected chi connectivity index (χ3v) is 4.70. The Labute approximate surface area is 101 Å². The van der Waals surface area contributed by atoms with Gasteiger partial charge in [0.2, 0.25) is 5.91 Å². The Balaban J connectivity index is 2.44. The molecule has 0 unspecified atom stereocenters. The van der Waals surface area contributed by atoms with Crippen LogP contribution in [0.1, 0.15) is 22.8 Å². The topological polar surface area (TPSA) is 55.4 Å². The molecule has 1 N–H and O–H groups in total. The van der Waals surface area contributed by atoms with Crippen molar-refractivity contribution in [2.24, 2.45) is 0 Å². The summed E-state index contributed by atoms with van der Waals surface area (Å²) < 4.78 is 5.86. The SMILES string of the molecule is COC(=O)c1c(NC(C)=O)sc2c1CCS2. The molecule has 1 aliphatic rings. The van der Waals surface area contributed by atoms with Crippen molar-refractivity contribution in [3.05, 3.63) is 11.1 Å². The predicted octanol–water partition coefficient (Wildman–Crippen LogP) is 2.14. The van der Waals surface area contributed by atoms with Gasteiger partial charge >= 0.3 is 5.97 Å². The molecule has 1 aromatic rings. The first-order valence-corrected chi connectivity index (χ1v) is 6.58. The molecule has 1 aromatic heterocycles. The van der Waals surface area contributed by atoms with Gasteiger partial charge in [0.25, 0.3) is 0 Å². The fourth-order valence-corrected chi connectivity index (χ4v) is 4.22. The van der Waals surface area contributed by atoms with Crippen LogP contribution in [0.2, 0.25) is 0 Å². The molecule has 0 spiro atoms. The van der Waals surface area contributed by atoms with Crippen LogP contribution in [-0.4, -0.2) is 24.7 Å². The highest BCUT2D eigenvalue weighted by molar-refractivity contribution is 8.01. The van der Waals surface area contributed by atoms with E-state index in [1.54, 1.807) is 11.8 Å². The minimum Gasteiger partial charge on any atom is -0.465 e. The first-order chi connectivity index (χ1) is 7.63. The second-order valence-electron chi connectivity index (χ2n) is 3.34. The van der Waals surface area contributed by atoms with Crippen LogP contribution in [0, 0.1) is 0 Å². The number of anilines is 1. The number of amides is 1. The third kappa shape index (κ3) is 1.94. The molecule has 0 bridgehead atoms. The summed E-state index contributed by atoms with van der Waals surface area (Å²) in [6, 6.07) is 0. The van der Waals surface area contributed by atoms with Gasteiger partial charge in [0.05, 0.1) is 16.9 Å². The Morgan fingerprint density at radius 1 is 1.44 bits per heavy atom. The fourth-order valence-electron chi connectivity index (χ4n) is 1.60. The number of rotatable bonds is 2. The first-order valence-electron chi connectivity index (χ1n) is 4.78. The molecule has 6 heteroatoms. The molecule has 0 radical (unpaired) electrons. The Kier molecular flexibility index (Phi) is 3.20. The van der Waals surface area contributed by atoms with Crippen molar-refractivity contribution in [2.45, 2.75) is 17.6 Å². The minimum atomic E-state index is -0.372. The lowest BCUT2D eigenvalue weighted by Gasteiger charge is -2.04.